The van der Waals surface area contributed by atoms with Crippen molar-refractivity contribution >= 4 is 0 Å². The monoisotopic (exact) mass is 226 g/mol. The Kier molecular flexibility index (Phi) is 3.46. The van der Waals surface area contributed by atoms with Gasteiger partial charge in [-0.1, -0.05) is 49.1 Å². The van der Waals surface area contributed by atoms with Gasteiger partial charge in [-0.05, 0) is 12.1 Å². The first-order valence-electron chi connectivity index (χ1n) is 5.44. The highest BCUT2D eigenvalue weighted by molar-refractivity contribution is 5.75. The van der Waals surface area contributed by atoms with Gasteiger partial charge in [0.1, 0.15) is 18.1 Å². The minimum absolute atomic E-state index is 0.252. The fourth-order valence-electron chi connectivity index (χ4n) is 1.67. The predicted molar refractivity (Wildman–Crippen MR) is 69.2 cm³/mol. The first-order valence-corrected chi connectivity index (χ1v) is 5.44. The van der Waals surface area contributed by atoms with Gasteiger partial charge in [0, 0.05) is 11.1 Å². The van der Waals surface area contributed by atoms with Gasteiger partial charge in [0.25, 0.3) is 0 Å². The van der Waals surface area contributed by atoms with Crippen LogP contribution >= 0.6 is 0 Å². The second-order valence-electron chi connectivity index (χ2n) is 3.61. The fraction of sp³-hybridized carbons (Fsp3) is 0.0667. The lowest BCUT2D eigenvalue weighted by Crippen LogP contribution is -1.94. The molecule has 1 N–H and O–H groups in total. The van der Waals surface area contributed by atoms with E-state index in [1.165, 1.54) is 0 Å². The maximum Gasteiger partial charge on any atom is 0.127 e. The van der Waals surface area contributed by atoms with Crippen LogP contribution in [0.25, 0.3) is 11.1 Å². The van der Waals surface area contributed by atoms with Crippen molar-refractivity contribution in [3.63, 3.8) is 0 Å². The van der Waals surface area contributed by atoms with Gasteiger partial charge in [0.2, 0.25) is 0 Å². The van der Waals surface area contributed by atoms with Gasteiger partial charge in [-0.25, -0.2) is 0 Å². The van der Waals surface area contributed by atoms with Gasteiger partial charge in [-0.2, -0.15) is 0 Å². The van der Waals surface area contributed by atoms with E-state index in [2.05, 4.69) is 6.58 Å². The highest BCUT2D eigenvalue weighted by Crippen LogP contribution is 2.35. The number of para-hydroxylation sites is 2. The standard InChI is InChI=1S/C15H14O2/c1-2-11-17-15-10-6-4-8-13(15)12-7-3-5-9-14(12)16/h2-10,16H,1,11H2. The summed E-state index contributed by atoms with van der Waals surface area (Å²) < 4.78 is 5.57. The second kappa shape index (κ2) is 5.21. The number of aromatic hydroxyl groups is 1. The SMILES string of the molecule is C=CCOc1ccccc1-c1ccccc1O. The van der Waals surface area contributed by atoms with Crippen LogP contribution in [0, 0.1) is 0 Å². The normalized spacial score (nSPS) is 9.88. The van der Waals surface area contributed by atoms with Gasteiger partial charge in [-0.15, -0.1) is 0 Å². The number of benzene rings is 2. The highest BCUT2D eigenvalue weighted by atomic mass is 16.5. The summed E-state index contributed by atoms with van der Waals surface area (Å²) in [6, 6.07) is 14.8. The molecule has 0 aliphatic rings. The van der Waals surface area contributed by atoms with E-state index in [9.17, 15) is 5.11 Å². The highest BCUT2D eigenvalue weighted by Gasteiger charge is 2.08. The molecule has 0 bridgehead atoms. The van der Waals surface area contributed by atoms with E-state index in [0.717, 1.165) is 16.9 Å². The molecule has 0 atom stereocenters. The van der Waals surface area contributed by atoms with Crippen molar-refractivity contribution < 1.29 is 9.84 Å². The van der Waals surface area contributed by atoms with Crippen molar-refractivity contribution in [1.29, 1.82) is 0 Å². The van der Waals surface area contributed by atoms with E-state index in [-0.39, 0.29) is 5.75 Å². The van der Waals surface area contributed by atoms with Gasteiger partial charge in [0.15, 0.2) is 0 Å². The molecule has 86 valence electrons. The zero-order valence-electron chi connectivity index (χ0n) is 9.47. The number of rotatable bonds is 4. The Hall–Kier alpha value is -2.22. The Balaban J connectivity index is 2.44. The lowest BCUT2D eigenvalue weighted by Gasteiger charge is -2.11. The Labute approximate surface area is 101 Å². The molecule has 0 saturated carbocycles. The molecule has 0 aliphatic carbocycles. The summed E-state index contributed by atoms with van der Waals surface area (Å²) >= 11 is 0. The molecular weight excluding hydrogens is 212 g/mol. The molecule has 0 radical (unpaired) electrons. The van der Waals surface area contributed by atoms with Crippen molar-refractivity contribution in [1.82, 2.24) is 0 Å². The number of hydrogen-bond acceptors (Lipinski definition) is 2. The van der Waals surface area contributed by atoms with Gasteiger partial charge >= 0.3 is 0 Å². The quantitative estimate of drug-likeness (QED) is 0.807. The average Bonchev–Trinajstić information content (AvgIpc) is 2.37. The van der Waals surface area contributed by atoms with Crippen molar-refractivity contribution in [2.75, 3.05) is 6.61 Å². The van der Waals surface area contributed by atoms with Crippen molar-refractivity contribution in [3.05, 3.63) is 61.2 Å². The van der Waals surface area contributed by atoms with Crippen molar-refractivity contribution in [2.45, 2.75) is 0 Å². The van der Waals surface area contributed by atoms with Crippen LogP contribution < -0.4 is 4.74 Å². The zero-order chi connectivity index (χ0) is 12.1. The van der Waals surface area contributed by atoms with E-state index in [0.29, 0.717) is 6.61 Å². The number of phenols is 1. The number of ether oxygens (including phenoxy) is 1. The number of phenolic OH excluding ortho intramolecular Hbond substituents is 1. The summed E-state index contributed by atoms with van der Waals surface area (Å²) in [5, 5.41) is 9.84. The van der Waals surface area contributed by atoms with Crippen LogP contribution in [-0.2, 0) is 0 Å². The van der Waals surface area contributed by atoms with Crippen molar-refractivity contribution in [2.24, 2.45) is 0 Å². The van der Waals surface area contributed by atoms with Crippen LogP contribution in [0.3, 0.4) is 0 Å². The minimum Gasteiger partial charge on any atom is -0.507 e. The Bertz CT molecular complexity index is 518. The molecule has 0 amide bonds. The average molecular weight is 226 g/mol. The third-order valence-electron chi connectivity index (χ3n) is 2.44. The molecule has 2 aromatic carbocycles. The molecule has 2 nitrogen and oxygen atoms in total. The topological polar surface area (TPSA) is 29.5 Å². The van der Waals surface area contributed by atoms with Crippen LogP contribution in [0.15, 0.2) is 61.2 Å². The summed E-state index contributed by atoms with van der Waals surface area (Å²) in [6.45, 7) is 4.07. The third-order valence-corrected chi connectivity index (χ3v) is 2.44. The summed E-state index contributed by atoms with van der Waals surface area (Å²) in [7, 11) is 0. The van der Waals surface area contributed by atoms with Gasteiger partial charge in [-0.3, -0.25) is 0 Å². The Morgan fingerprint density at radius 2 is 1.65 bits per heavy atom. The van der Waals surface area contributed by atoms with Crippen LogP contribution in [0.2, 0.25) is 0 Å². The van der Waals surface area contributed by atoms with E-state index in [4.69, 9.17) is 4.74 Å². The van der Waals surface area contributed by atoms with E-state index < -0.39 is 0 Å². The molecule has 0 heterocycles. The lowest BCUT2D eigenvalue weighted by molar-refractivity contribution is 0.364. The molecule has 17 heavy (non-hydrogen) atoms. The predicted octanol–water partition coefficient (Wildman–Crippen LogP) is 3.62. The van der Waals surface area contributed by atoms with Crippen LogP contribution in [-0.4, -0.2) is 11.7 Å². The largest absolute Gasteiger partial charge is 0.507 e. The molecule has 0 aliphatic heterocycles. The smallest absolute Gasteiger partial charge is 0.127 e. The molecule has 2 heteroatoms. The molecular formula is C15H14O2. The van der Waals surface area contributed by atoms with Gasteiger partial charge < -0.3 is 9.84 Å². The van der Waals surface area contributed by atoms with Crippen LogP contribution in [0.5, 0.6) is 11.5 Å². The van der Waals surface area contributed by atoms with Gasteiger partial charge in [0.05, 0.1) is 0 Å². The van der Waals surface area contributed by atoms with Crippen molar-refractivity contribution in [3.8, 4) is 22.6 Å². The summed E-state index contributed by atoms with van der Waals surface area (Å²) in [5.41, 5.74) is 1.65. The maximum atomic E-state index is 9.84. The first-order chi connectivity index (χ1) is 8.33. The van der Waals surface area contributed by atoms with Crippen LogP contribution in [0.4, 0.5) is 0 Å². The Morgan fingerprint density at radius 3 is 2.35 bits per heavy atom. The van der Waals surface area contributed by atoms with E-state index in [1.807, 2.05) is 36.4 Å². The molecule has 2 rings (SSSR count). The second-order valence-corrected chi connectivity index (χ2v) is 3.61. The number of hydrogen-bond donors (Lipinski definition) is 1. The molecule has 0 unspecified atom stereocenters. The summed E-state index contributed by atoms with van der Waals surface area (Å²) in [5.74, 6) is 0.996. The lowest BCUT2D eigenvalue weighted by atomic mass is 10.0. The molecule has 0 spiro atoms. The third kappa shape index (κ3) is 2.48. The fourth-order valence-corrected chi connectivity index (χ4v) is 1.67. The van der Waals surface area contributed by atoms with E-state index in [1.54, 1.807) is 18.2 Å². The summed E-state index contributed by atoms with van der Waals surface area (Å²) in [6.07, 6.45) is 1.70. The van der Waals surface area contributed by atoms with Crippen LogP contribution in [0.1, 0.15) is 0 Å². The maximum absolute atomic E-state index is 9.84. The molecule has 0 aromatic heterocycles. The van der Waals surface area contributed by atoms with E-state index >= 15 is 0 Å². The summed E-state index contributed by atoms with van der Waals surface area (Å²) in [4.78, 5) is 0. The zero-order valence-corrected chi connectivity index (χ0v) is 9.47. The minimum atomic E-state index is 0.252. The first kappa shape index (κ1) is 11.3. The Morgan fingerprint density at radius 1 is 1.00 bits per heavy atom. The molecule has 0 saturated heterocycles. The molecule has 0 fully saturated rings. The molecule has 2 aromatic rings.